The Kier molecular flexibility index (Phi) is 5.06. The fraction of sp³-hybridized carbons (Fsp3) is 0.400. The van der Waals surface area contributed by atoms with Crippen LogP contribution in [0.15, 0.2) is 24.3 Å². The lowest BCUT2D eigenvalue weighted by atomic mass is 10.2. The summed E-state index contributed by atoms with van der Waals surface area (Å²) in [6.07, 6.45) is -0.345. The number of carbonyl (C=O) groups is 1. The first-order chi connectivity index (χ1) is 10.4. The molecule has 0 unspecified atom stereocenters. The van der Waals surface area contributed by atoms with Crippen LogP contribution in [0.5, 0.6) is 0 Å². The smallest absolute Gasteiger partial charge is 0.414 e. The molecule has 0 saturated carbocycles. The van der Waals surface area contributed by atoms with Gasteiger partial charge in [-0.2, -0.15) is 0 Å². The lowest BCUT2D eigenvalue weighted by Crippen LogP contribution is -2.30. The van der Waals surface area contributed by atoms with Crippen molar-refractivity contribution < 1.29 is 17.9 Å². The number of hydrogen-bond acceptors (Lipinski definition) is 4. The van der Waals surface area contributed by atoms with Gasteiger partial charge >= 0.3 is 6.09 Å². The molecule has 0 spiro atoms. The maximum Gasteiger partial charge on any atom is 0.414 e. The molecule has 1 aromatic rings. The monoisotopic (exact) mass is 322 g/mol. The quantitative estimate of drug-likeness (QED) is 0.848. The van der Waals surface area contributed by atoms with Crippen molar-refractivity contribution in [2.45, 2.75) is 19.1 Å². The maximum atomic E-state index is 11.5. The molecule has 118 valence electrons. The standard InChI is InChI=1S/C15H18N2O4S/c1-12(2)22(19,20)16-9-3-4-13-5-7-14(8-6-13)17-10-11-21-15(17)18/h5-8,12,16H,9-11H2,1-2H3. The molecule has 1 saturated heterocycles. The third-order valence-corrected chi connectivity index (χ3v) is 4.94. The number of rotatable bonds is 4. The van der Waals surface area contributed by atoms with Gasteiger partial charge < -0.3 is 4.74 Å². The van der Waals surface area contributed by atoms with E-state index in [4.69, 9.17) is 4.74 Å². The molecule has 22 heavy (non-hydrogen) atoms. The molecule has 0 aliphatic carbocycles. The van der Waals surface area contributed by atoms with Crippen LogP contribution in [-0.2, 0) is 14.8 Å². The summed E-state index contributed by atoms with van der Waals surface area (Å²) in [4.78, 5) is 13.0. The van der Waals surface area contributed by atoms with Crippen LogP contribution in [0, 0.1) is 11.8 Å². The third-order valence-electron chi connectivity index (χ3n) is 3.15. The lowest BCUT2D eigenvalue weighted by Gasteiger charge is -2.11. The maximum absolute atomic E-state index is 11.5. The second-order valence-electron chi connectivity index (χ2n) is 5.03. The van der Waals surface area contributed by atoms with E-state index in [-0.39, 0.29) is 12.6 Å². The van der Waals surface area contributed by atoms with E-state index < -0.39 is 15.3 Å². The number of anilines is 1. The van der Waals surface area contributed by atoms with E-state index in [0.29, 0.717) is 13.2 Å². The first-order valence-electron chi connectivity index (χ1n) is 6.92. The van der Waals surface area contributed by atoms with Gasteiger partial charge in [0.25, 0.3) is 0 Å². The number of nitrogens with one attached hydrogen (secondary N) is 1. The first kappa shape index (κ1) is 16.3. The van der Waals surface area contributed by atoms with Gasteiger partial charge in [-0.1, -0.05) is 11.8 Å². The summed E-state index contributed by atoms with van der Waals surface area (Å²) in [5.74, 6) is 5.64. The number of benzene rings is 1. The zero-order valence-electron chi connectivity index (χ0n) is 12.5. The predicted molar refractivity (Wildman–Crippen MR) is 84.1 cm³/mol. The molecule has 1 aliphatic heterocycles. The Hall–Kier alpha value is -2.04. The molecular weight excluding hydrogens is 304 g/mol. The summed E-state index contributed by atoms with van der Waals surface area (Å²) in [7, 11) is -3.29. The summed E-state index contributed by atoms with van der Waals surface area (Å²) in [5, 5.41) is -0.478. The molecule has 0 bridgehead atoms. The van der Waals surface area contributed by atoms with E-state index in [9.17, 15) is 13.2 Å². The molecule has 1 aromatic carbocycles. The van der Waals surface area contributed by atoms with Gasteiger partial charge in [0.1, 0.15) is 6.61 Å². The van der Waals surface area contributed by atoms with E-state index in [2.05, 4.69) is 16.6 Å². The highest BCUT2D eigenvalue weighted by Crippen LogP contribution is 2.18. The Morgan fingerprint density at radius 1 is 1.32 bits per heavy atom. The van der Waals surface area contributed by atoms with Crippen molar-refractivity contribution in [1.82, 2.24) is 4.72 Å². The Bertz CT molecular complexity index is 699. The second kappa shape index (κ2) is 6.81. The minimum absolute atomic E-state index is 0.0702. The largest absolute Gasteiger partial charge is 0.447 e. The van der Waals surface area contributed by atoms with E-state index in [1.165, 1.54) is 0 Å². The Morgan fingerprint density at radius 3 is 2.55 bits per heavy atom. The van der Waals surface area contributed by atoms with Gasteiger partial charge in [0.15, 0.2) is 0 Å². The van der Waals surface area contributed by atoms with Crippen LogP contribution in [-0.4, -0.2) is 39.5 Å². The number of sulfonamides is 1. The van der Waals surface area contributed by atoms with Crippen molar-refractivity contribution in [2.24, 2.45) is 0 Å². The van der Waals surface area contributed by atoms with Crippen molar-refractivity contribution >= 4 is 21.8 Å². The minimum atomic E-state index is -3.29. The Labute approximate surface area is 130 Å². The third kappa shape index (κ3) is 4.00. The summed E-state index contributed by atoms with van der Waals surface area (Å²) in [6.45, 7) is 4.23. The van der Waals surface area contributed by atoms with Crippen molar-refractivity contribution in [3.63, 3.8) is 0 Å². The molecule has 1 N–H and O–H groups in total. The van der Waals surface area contributed by atoms with Gasteiger partial charge in [-0.15, -0.1) is 0 Å². The molecule has 1 fully saturated rings. The highest BCUT2D eigenvalue weighted by molar-refractivity contribution is 7.90. The van der Waals surface area contributed by atoms with Gasteiger partial charge in [-0.3, -0.25) is 4.90 Å². The molecule has 0 aromatic heterocycles. The summed E-state index contributed by atoms with van der Waals surface area (Å²) in [6, 6.07) is 7.14. The SMILES string of the molecule is CC(C)S(=O)(=O)NCC#Cc1ccc(N2CCOC2=O)cc1. The lowest BCUT2D eigenvalue weighted by molar-refractivity contribution is 0.181. The van der Waals surface area contributed by atoms with Crippen LogP contribution in [0.3, 0.4) is 0 Å². The average molecular weight is 322 g/mol. The number of hydrogen-bond donors (Lipinski definition) is 1. The van der Waals surface area contributed by atoms with Gasteiger partial charge in [-0.05, 0) is 38.1 Å². The number of cyclic esters (lactones) is 1. The molecule has 6 nitrogen and oxygen atoms in total. The highest BCUT2D eigenvalue weighted by atomic mass is 32.2. The van der Waals surface area contributed by atoms with Gasteiger partial charge in [0.05, 0.1) is 18.3 Å². The van der Waals surface area contributed by atoms with Crippen molar-refractivity contribution in [2.75, 3.05) is 24.6 Å². The van der Waals surface area contributed by atoms with Gasteiger partial charge in [-0.25, -0.2) is 17.9 Å². The van der Waals surface area contributed by atoms with Crippen molar-refractivity contribution in [3.05, 3.63) is 29.8 Å². The normalized spacial score (nSPS) is 14.7. The van der Waals surface area contributed by atoms with E-state index in [1.807, 2.05) is 0 Å². The zero-order chi connectivity index (χ0) is 16.2. The summed E-state index contributed by atoms with van der Waals surface area (Å²) >= 11 is 0. The van der Waals surface area contributed by atoms with E-state index >= 15 is 0 Å². The van der Waals surface area contributed by atoms with Gasteiger partial charge in [0, 0.05) is 11.3 Å². The van der Waals surface area contributed by atoms with Crippen LogP contribution in [0.1, 0.15) is 19.4 Å². The second-order valence-corrected chi connectivity index (χ2v) is 7.35. The van der Waals surface area contributed by atoms with Gasteiger partial charge in [0.2, 0.25) is 10.0 Å². The highest BCUT2D eigenvalue weighted by Gasteiger charge is 2.23. The molecule has 0 atom stereocenters. The zero-order valence-corrected chi connectivity index (χ0v) is 13.3. The van der Waals surface area contributed by atoms with Crippen LogP contribution < -0.4 is 9.62 Å². The van der Waals surface area contributed by atoms with E-state index in [1.54, 1.807) is 43.0 Å². The molecular formula is C15H18N2O4S. The van der Waals surface area contributed by atoms with Crippen LogP contribution in [0.25, 0.3) is 0 Å². The molecule has 0 radical (unpaired) electrons. The number of ether oxygens (including phenoxy) is 1. The Morgan fingerprint density at radius 2 is 2.00 bits per heavy atom. The molecule has 1 aliphatic rings. The topological polar surface area (TPSA) is 75.7 Å². The van der Waals surface area contributed by atoms with Crippen LogP contribution >= 0.6 is 0 Å². The first-order valence-corrected chi connectivity index (χ1v) is 8.46. The fourth-order valence-electron chi connectivity index (χ4n) is 1.80. The molecule has 2 rings (SSSR count). The molecule has 7 heteroatoms. The summed E-state index contributed by atoms with van der Waals surface area (Å²) in [5.41, 5.74) is 1.51. The van der Waals surface area contributed by atoms with Crippen molar-refractivity contribution in [3.8, 4) is 11.8 Å². The van der Waals surface area contributed by atoms with Crippen LogP contribution in [0.4, 0.5) is 10.5 Å². The summed E-state index contributed by atoms with van der Waals surface area (Å²) < 4.78 is 30.4. The number of nitrogens with zero attached hydrogens (tertiary/aromatic N) is 1. The van der Waals surface area contributed by atoms with Crippen molar-refractivity contribution in [1.29, 1.82) is 0 Å². The fourth-order valence-corrected chi connectivity index (χ4v) is 2.41. The Balaban J connectivity index is 1.95. The predicted octanol–water partition coefficient (Wildman–Crippen LogP) is 1.32. The average Bonchev–Trinajstić information content (AvgIpc) is 2.90. The number of carbonyl (C=O) groups excluding carboxylic acids is 1. The minimum Gasteiger partial charge on any atom is -0.447 e. The number of amides is 1. The van der Waals surface area contributed by atoms with E-state index in [0.717, 1.165) is 11.3 Å². The molecule has 1 heterocycles. The van der Waals surface area contributed by atoms with Crippen LogP contribution in [0.2, 0.25) is 0 Å². The molecule has 1 amide bonds.